The number of hydrogen-bond acceptors (Lipinski definition) is 4. The molecule has 0 atom stereocenters. The highest BCUT2D eigenvalue weighted by atomic mass is 16.1. The summed E-state index contributed by atoms with van der Waals surface area (Å²) in [6, 6.07) is 3.94. The second-order valence-electron chi connectivity index (χ2n) is 5.72. The van der Waals surface area contributed by atoms with Crippen LogP contribution in [0.3, 0.4) is 0 Å². The molecule has 1 aliphatic rings. The van der Waals surface area contributed by atoms with Crippen molar-refractivity contribution in [3.63, 3.8) is 0 Å². The van der Waals surface area contributed by atoms with E-state index in [2.05, 4.69) is 20.3 Å². The maximum atomic E-state index is 12.3. The van der Waals surface area contributed by atoms with Gasteiger partial charge in [-0.2, -0.15) is 0 Å². The normalized spacial score (nSPS) is 16.0. The van der Waals surface area contributed by atoms with Gasteiger partial charge >= 0.3 is 0 Å². The molecular formula is C17H20N4O. The first-order chi connectivity index (χ1) is 10.8. The summed E-state index contributed by atoms with van der Waals surface area (Å²) >= 11 is 0. The van der Waals surface area contributed by atoms with Gasteiger partial charge in [0, 0.05) is 30.2 Å². The van der Waals surface area contributed by atoms with Crippen molar-refractivity contribution in [1.82, 2.24) is 20.3 Å². The Bertz CT molecular complexity index is 604. The molecule has 1 amide bonds. The zero-order valence-electron chi connectivity index (χ0n) is 12.5. The van der Waals surface area contributed by atoms with Gasteiger partial charge in [0.25, 0.3) is 5.91 Å². The number of amides is 1. The van der Waals surface area contributed by atoms with Crippen molar-refractivity contribution in [2.75, 3.05) is 0 Å². The summed E-state index contributed by atoms with van der Waals surface area (Å²) in [5.74, 6) is -0.0322. The molecule has 2 heterocycles. The van der Waals surface area contributed by atoms with E-state index in [1.165, 1.54) is 32.0 Å². The zero-order valence-corrected chi connectivity index (χ0v) is 12.5. The van der Waals surface area contributed by atoms with Gasteiger partial charge in [0.15, 0.2) is 0 Å². The monoisotopic (exact) mass is 296 g/mol. The molecule has 3 rings (SSSR count). The largest absolute Gasteiger partial charge is 0.349 e. The van der Waals surface area contributed by atoms with Gasteiger partial charge in [-0.3, -0.25) is 9.78 Å². The summed E-state index contributed by atoms with van der Waals surface area (Å²) in [5.41, 5.74) is 2.22. The Balaban J connectivity index is 1.66. The Morgan fingerprint density at radius 1 is 1.00 bits per heavy atom. The zero-order chi connectivity index (χ0) is 15.2. The highest BCUT2D eigenvalue weighted by Crippen LogP contribution is 2.18. The van der Waals surface area contributed by atoms with Crippen molar-refractivity contribution in [3.8, 4) is 11.3 Å². The number of hydrogen-bond donors (Lipinski definition) is 1. The van der Waals surface area contributed by atoms with E-state index in [1.807, 2.05) is 6.07 Å². The minimum absolute atomic E-state index is 0.0322. The molecule has 22 heavy (non-hydrogen) atoms. The average Bonchev–Trinajstić information content (AvgIpc) is 2.84. The van der Waals surface area contributed by atoms with Gasteiger partial charge in [-0.15, -0.1) is 0 Å². The van der Waals surface area contributed by atoms with Gasteiger partial charge in [0.05, 0.1) is 11.3 Å². The summed E-state index contributed by atoms with van der Waals surface area (Å²) in [5, 5.41) is 3.13. The first-order valence-electron chi connectivity index (χ1n) is 7.85. The van der Waals surface area contributed by atoms with Crippen LogP contribution in [-0.4, -0.2) is 26.9 Å². The Hall–Kier alpha value is -2.30. The SMILES string of the molecule is O=C(NC1CCCCCC1)c1ccc(-c2cncnc2)nc1. The van der Waals surface area contributed by atoms with Crippen LogP contribution in [0.15, 0.2) is 37.1 Å². The number of rotatable bonds is 3. The summed E-state index contributed by atoms with van der Waals surface area (Å²) in [7, 11) is 0. The lowest BCUT2D eigenvalue weighted by atomic mass is 10.1. The minimum Gasteiger partial charge on any atom is -0.349 e. The summed E-state index contributed by atoms with van der Waals surface area (Å²) in [6.07, 6.45) is 13.7. The third-order valence-corrected chi connectivity index (χ3v) is 4.07. The van der Waals surface area contributed by atoms with Crippen LogP contribution in [0.4, 0.5) is 0 Å². The Morgan fingerprint density at radius 2 is 1.73 bits per heavy atom. The fraction of sp³-hybridized carbons (Fsp3) is 0.412. The van der Waals surface area contributed by atoms with Crippen molar-refractivity contribution < 1.29 is 4.79 Å². The van der Waals surface area contributed by atoms with Crippen LogP contribution in [0.2, 0.25) is 0 Å². The predicted molar refractivity (Wildman–Crippen MR) is 84.2 cm³/mol. The van der Waals surface area contributed by atoms with Crippen LogP contribution in [0, 0.1) is 0 Å². The molecule has 1 aliphatic carbocycles. The molecule has 1 fully saturated rings. The quantitative estimate of drug-likeness (QED) is 0.884. The fourth-order valence-corrected chi connectivity index (χ4v) is 2.82. The van der Waals surface area contributed by atoms with Crippen molar-refractivity contribution >= 4 is 5.91 Å². The number of nitrogens with one attached hydrogen (secondary N) is 1. The van der Waals surface area contributed by atoms with Gasteiger partial charge in [-0.1, -0.05) is 25.7 Å². The van der Waals surface area contributed by atoms with E-state index in [9.17, 15) is 4.79 Å². The molecule has 5 heteroatoms. The van der Waals surface area contributed by atoms with Crippen molar-refractivity contribution in [3.05, 3.63) is 42.6 Å². The number of aromatic nitrogens is 3. The van der Waals surface area contributed by atoms with Crippen LogP contribution in [-0.2, 0) is 0 Å². The third kappa shape index (κ3) is 3.67. The van der Waals surface area contributed by atoms with E-state index < -0.39 is 0 Å². The minimum atomic E-state index is -0.0322. The average molecular weight is 296 g/mol. The standard InChI is InChI=1S/C17H20N4O/c22-17(21-15-5-3-1-2-4-6-15)13-7-8-16(20-11-13)14-9-18-12-19-10-14/h7-12,15H,1-6H2,(H,21,22). The van der Waals surface area contributed by atoms with Crippen LogP contribution >= 0.6 is 0 Å². The second-order valence-corrected chi connectivity index (χ2v) is 5.72. The molecule has 0 spiro atoms. The van der Waals surface area contributed by atoms with E-state index >= 15 is 0 Å². The van der Waals surface area contributed by atoms with E-state index in [-0.39, 0.29) is 5.91 Å². The summed E-state index contributed by atoms with van der Waals surface area (Å²) < 4.78 is 0. The van der Waals surface area contributed by atoms with Crippen LogP contribution in [0.25, 0.3) is 11.3 Å². The van der Waals surface area contributed by atoms with Gasteiger partial charge in [0.1, 0.15) is 6.33 Å². The molecule has 1 N–H and O–H groups in total. The third-order valence-electron chi connectivity index (χ3n) is 4.07. The lowest BCUT2D eigenvalue weighted by molar-refractivity contribution is 0.0933. The fourth-order valence-electron chi connectivity index (χ4n) is 2.82. The van der Waals surface area contributed by atoms with Crippen molar-refractivity contribution in [1.29, 1.82) is 0 Å². The van der Waals surface area contributed by atoms with Gasteiger partial charge in [-0.05, 0) is 25.0 Å². The number of carbonyl (C=O) groups is 1. The lowest BCUT2D eigenvalue weighted by Gasteiger charge is -2.16. The van der Waals surface area contributed by atoms with Crippen LogP contribution in [0.5, 0.6) is 0 Å². The van der Waals surface area contributed by atoms with Gasteiger partial charge in [-0.25, -0.2) is 9.97 Å². The predicted octanol–water partition coefficient (Wildman–Crippen LogP) is 2.99. The topological polar surface area (TPSA) is 67.8 Å². The molecule has 0 radical (unpaired) electrons. The molecule has 0 aliphatic heterocycles. The second kappa shape index (κ2) is 7.11. The lowest BCUT2D eigenvalue weighted by Crippen LogP contribution is -2.34. The van der Waals surface area contributed by atoms with E-state index in [0.717, 1.165) is 24.1 Å². The Labute approximate surface area is 130 Å². The van der Waals surface area contributed by atoms with E-state index in [4.69, 9.17) is 0 Å². The van der Waals surface area contributed by atoms with Crippen LogP contribution in [0.1, 0.15) is 48.9 Å². The maximum absolute atomic E-state index is 12.3. The molecule has 0 saturated heterocycles. The number of nitrogens with zero attached hydrogens (tertiary/aromatic N) is 3. The number of pyridine rings is 1. The molecule has 1 saturated carbocycles. The van der Waals surface area contributed by atoms with Gasteiger partial charge < -0.3 is 5.32 Å². The molecule has 5 nitrogen and oxygen atoms in total. The molecule has 2 aromatic rings. The van der Waals surface area contributed by atoms with E-state index in [1.54, 1.807) is 24.7 Å². The van der Waals surface area contributed by atoms with Gasteiger partial charge in [0.2, 0.25) is 0 Å². The van der Waals surface area contributed by atoms with E-state index in [0.29, 0.717) is 11.6 Å². The van der Waals surface area contributed by atoms with Crippen molar-refractivity contribution in [2.45, 2.75) is 44.6 Å². The Morgan fingerprint density at radius 3 is 2.36 bits per heavy atom. The smallest absolute Gasteiger partial charge is 0.253 e. The van der Waals surface area contributed by atoms with Crippen molar-refractivity contribution in [2.24, 2.45) is 0 Å². The summed E-state index contributed by atoms with van der Waals surface area (Å²) in [4.78, 5) is 24.6. The van der Waals surface area contributed by atoms with Crippen LogP contribution < -0.4 is 5.32 Å². The Kier molecular flexibility index (Phi) is 4.73. The highest BCUT2D eigenvalue weighted by Gasteiger charge is 2.16. The molecule has 114 valence electrons. The molecule has 2 aromatic heterocycles. The maximum Gasteiger partial charge on any atom is 0.253 e. The molecule has 0 bridgehead atoms. The molecule has 0 unspecified atom stereocenters. The number of carbonyl (C=O) groups excluding carboxylic acids is 1. The molecular weight excluding hydrogens is 276 g/mol. The summed E-state index contributed by atoms with van der Waals surface area (Å²) in [6.45, 7) is 0. The first-order valence-corrected chi connectivity index (χ1v) is 7.85. The highest BCUT2D eigenvalue weighted by molar-refractivity contribution is 5.94. The molecule has 0 aromatic carbocycles. The first kappa shape index (κ1) is 14.6.